The Morgan fingerprint density at radius 2 is 1.72 bits per heavy atom. The minimum absolute atomic E-state index is 0.539. The molecule has 2 unspecified atom stereocenters. The van der Waals surface area contributed by atoms with Gasteiger partial charge in [0, 0.05) is 5.31 Å². The van der Waals surface area contributed by atoms with Crippen LogP contribution in [0.15, 0.2) is 130 Å². The van der Waals surface area contributed by atoms with Gasteiger partial charge >= 0.3 is 0 Å². The van der Waals surface area contributed by atoms with E-state index in [1.54, 1.807) is 11.4 Å². The van der Waals surface area contributed by atoms with Crippen LogP contribution < -0.4 is 15.9 Å². The van der Waals surface area contributed by atoms with Gasteiger partial charge in [-0.25, -0.2) is 0 Å². The van der Waals surface area contributed by atoms with Gasteiger partial charge in [0.05, 0.1) is 0 Å². The summed E-state index contributed by atoms with van der Waals surface area (Å²) in [5, 5.41) is 7.19. The first-order valence-electron chi connectivity index (χ1n) is 12.4. The second-order valence-corrected chi connectivity index (χ2v) is 13.2. The van der Waals surface area contributed by atoms with Gasteiger partial charge in [-0.1, -0.05) is 96.3 Å². The lowest BCUT2D eigenvalue weighted by molar-refractivity contribution is 0.996. The molecule has 178 valence electrons. The third-order valence-electron chi connectivity index (χ3n) is 6.40. The van der Waals surface area contributed by atoms with Crippen LogP contribution >= 0.6 is 15.8 Å². The highest BCUT2D eigenvalue weighted by atomic mass is 31.1. The number of hydrogen-bond acceptors (Lipinski definition) is 0. The Labute approximate surface area is 219 Å². The summed E-state index contributed by atoms with van der Waals surface area (Å²) in [5.74, 6) is 2.58. The second kappa shape index (κ2) is 12.7. The summed E-state index contributed by atoms with van der Waals surface area (Å²) in [6, 6.07) is 18.0. The molecule has 2 aliphatic carbocycles. The Hall–Kier alpha value is -3.14. The average molecular weight is 503 g/mol. The number of hydrogen-bond donors (Lipinski definition) is 0. The van der Waals surface area contributed by atoms with Gasteiger partial charge in [0.2, 0.25) is 0 Å². The Bertz CT molecular complexity index is 1420. The normalized spacial score (nSPS) is 16.8. The summed E-state index contributed by atoms with van der Waals surface area (Å²) in [6.45, 7) is 6.72. The van der Waals surface area contributed by atoms with Crippen molar-refractivity contribution in [3.8, 4) is 12.3 Å². The van der Waals surface area contributed by atoms with Gasteiger partial charge in [0.1, 0.15) is 0 Å². The van der Waals surface area contributed by atoms with E-state index in [2.05, 4.69) is 117 Å². The zero-order valence-electron chi connectivity index (χ0n) is 21.3. The number of aryl methyl sites for hydroxylation is 1. The third-order valence-corrected chi connectivity index (χ3v) is 12.1. The molecule has 2 heteroatoms. The minimum Gasteiger partial charge on any atom is -0.115 e. The van der Waals surface area contributed by atoms with Crippen LogP contribution in [0.2, 0.25) is 0 Å². The fraction of sp³-hybridized carbons (Fsp3) is 0.176. The van der Waals surface area contributed by atoms with Crippen molar-refractivity contribution in [3.63, 3.8) is 0 Å². The molecule has 0 aliphatic heterocycles. The maximum absolute atomic E-state index is 5.40. The molecule has 2 aromatic carbocycles. The summed E-state index contributed by atoms with van der Waals surface area (Å²) >= 11 is 0. The lowest BCUT2D eigenvalue weighted by atomic mass is 10.1. The van der Waals surface area contributed by atoms with Gasteiger partial charge in [-0.3, -0.25) is 0 Å². The SMILES string of the molecule is C#C/C=C\C=C/CP(C1=C(C)C=CCC1)c1ccccc1P(C1=C=C=CC=C1C)c1ccccc1C. The molecule has 0 aromatic heterocycles. The molecule has 0 saturated carbocycles. The highest BCUT2D eigenvalue weighted by Crippen LogP contribution is 2.53. The molecule has 0 fully saturated rings. The number of terminal acetylenes is 1. The maximum atomic E-state index is 5.40. The van der Waals surface area contributed by atoms with Crippen molar-refractivity contribution in [2.24, 2.45) is 0 Å². The first kappa shape index (κ1) is 25.9. The highest BCUT2D eigenvalue weighted by Gasteiger charge is 2.28. The summed E-state index contributed by atoms with van der Waals surface area (Å²) in [4.78, 5) is 0. The quantitative estimate of drug-likeness (QED) is 0.148. The summed E-state index contributed by atoms with van der Waals surface area (Å²) in [7, 11) is -1.32. The monoisotopic (exact) mass is 502 g/mol. The molecule has 0 saturated heterocycles. The smallest absolute Gasteiger partial charge is 0.0377 e. The molecule has 0 bridgehead atoms. The molecular formula is C34H32P2. The van der Waals surface area contributed by atoms with E-state index in [4.69, 9.17) is 6.42 Å². The van der Waals surface area contributed by atoms with Crippen molar-refractivity contribution in [1.82, 2.24) is 0 Å². The largest absolute Gasteiger partial charge is 0.115 e. The van der Waals surface area contributed by atoms with Gasteiger partial charge in [-0.05, 0) is 112 Å². The Morgan fingerprint density at radius 3 is 2.44 bits per heavy atom. The van der Waals surface area contributed by atoms with E-state index in [0.29, 0.717) is 0 Å². The molecule has 0 heterocycles. The Morgan fingerprint density at radius 1 is 0.972 bits per heavy atom. The molecule has 4 rings (SSSR count). The fourth-order valence-electron chi connectivity index (χ4n) is 4.58. The van der Waals surface area contributed by atoms with Crippen LogP contribution in [0.25, 0.3) is 0 Å². The number of benzene rings is 2. The summed E-state index contributed by atoms with van der Waals surface area (Å²) in [6.07, 6.45) is 25.5. The first-order valence-corrected chi connectivity index (χ1v) is 15.2. The number of rotatable bonds is 8. The molecule has 2 atom stereocenters. The van der Waals surface area contributed by atoms with Gasteiger partial charge < -0.3 is 0 Å². The summed E-state index contributed by atoms with van der Waals surface area (Å²) in [5.41, 5.74) is 10.8. The molecule has 0 N–H and O–H groups in total. The highest BCUT2D eigenvalue weighted by molar-refractivity contribution is 7.80. The van der Waals surface area contributed by atoms with E-state index in [0.717, 1.165) is 19.0 Å². The van der Waals surface area contributed by atoms with E-state index in [-0.39, 0.29) is 0 Å². The Balaban J connectivity index is 1.92. The van der Waals surface area contributed by atoms with Gasteiger partial charge in [0.25, 0.3) is 0 Å². The van der Waals surface area contributed by atoms with Crippen LogP contribution in [-0.4, -0.2) is 6.16 Å². The van der Waals surface area contributed by atoms with E-state index >= 15 is 0 Å². The van der Waals surface area contributed by atoms with E-state index < -0.39 is 15.8 Å². The fourth-order valence-corrected chi connectivity index (χ4v) is 10.3. The van der Waals surface area contributed by atoms with Crippen LogP contribution in [0.4, 0.5) is 0 Å². The van der Waals surface area contributed by atoms with Crippen LogP contribution in [0.1, 0.15) is 32.3 Å². The van der Waals surface area contributed by atoms with Crippen molar-refractivity contribution in [1.29, 1.82) is 0 Å². The van der Waals surface area contributed by atoms with Crippen LogP contribution in [0.3, 0.4) is 0 Å². The predicted molar refractivity (Wildman–Crippen MR) is 162 cm³/mol. The molecule has 36 heavy (non-hydrogen) atoms. The van der Waals surface area contributed by atoms with Crippen LogP contribution in [0, 0.1) is 19.3 Å². The Kier molecular flexibility index (Phi) is 9.16. The zero-order chi connectivity index (χ0) is 25.3. The molecule has 0 spiro atoms. The van der Waals surface area contributed by atoms with Crippen LogP contribution in [-0.2, 0) is 0 Å². The first-order chi connectivity index (χ1) is 17.6. The molecule has 0 radical (unpaired) electrons. The minimum atomic E-state index is -0.776. The van der Waals surface area contributed by atoms with Crippen LogP contribution in [0.5, 0.6) is 0 Å². The zero-order valence-corrected chi connectivity index (χ0v) is 23.1. The lowest BCUT2D eigenvalue weighted by Crippen LogP contribution is -2.28. The van der Waals surface area contributed by atoms with Crippen molar-refractivity contribution in [3.05, 3.63) is 136 Å². The van der Waals surface area contributed by atoms with Gasteiger partial charge in [-0.2, -0.15) is 0 Å². The summed E-state index contributed by atoms with van der Waals surface area (Å²) < 4.78 is 0. The van der Waals surface area contributed by atoms with Crippen molar-refractivity contribution < 1.29 is 0 Å². The maximum Gasteiger partial charge on any atom is 0.0377 e. The molecule has 2 aliphatic rings. The van der Waals surface area contributed by atoms with Crippen molar-refractivity contribution in [2.75, 3.05) is 6.16 Å². The van der Waals surface area contributed by atoms with Gasteiger partial charge in [0.15, 0.2) is 0 Å². The second-order valence-electron chi connectivity index (χ2n) is 8.88. The topological polar surface area (TPSA) is 0 Å². The van der Waals surface area contributed by atoms with Crippen molar-refractivity contribution in [2.45, 2.75) is 33.6 Å². The lowest BCUT2D eigenvalue weighted by Gasteiger charge is -2.30. The number of allylic oxidation sites excluding steroid dienone is 12. The van der Waals surface area contributed by atoms with Gasteiger partial charge in [-0.15, -0.1) is 6.42 Å². The van der Waals surface area contributed by atoms with Crippen molar-refractivity contribution >= 4 is 31.8 Å². The molecule has 2 aromatic rings. The standard InChI is InChI=1S/C34H32P2/c1-5-6-7-8-17-26-35(30-21-12-9-18-27(30)2)33-24-15-16-25-34(33)36(31-22-13-10-19-28(31)3)32-23-14-11-20-29(32)4/h1,6-11,13,15-20,22,24-25H,12,21,26H2,2-4H3/b7-6-,17-8-. The average Bonchev–Trinajstić information content (AvgIpc) is 2.90. The van der Waals surface area contributed by atoms with E-state index in [1.807, 2.05) is 12.2 Å². The molecule has 0 nitrogen and oxygen atoms in total. The third kappa shape index (κ3) is 5.98. The van der Waals surface area contributed by atoms with E-state index in [9.17, 15) is 0 Å². The molecular weight excluding hydrogens is 470 g/mol. The van der Waals surface area contributed by atoms with E-state index in [1.165, 1.54) is 37.9 Å². The predicted octanol–water partition coefficient (Wildman–Crippen LogP) is 8.06. The molecule has 0 amide bonds.